The van der Waals surface area contributed by atoms with Crippen molar-refractivity contribution in [2.24, 2.45) is 10.3 Å². The van der Waals surface area contributed by atoms with Crippen LogP contribution in [-0.4, -0.2) is 29.2 Å². The Morgan fingerprint density at radius 3 is 2.74 bits per heavy atom. The monoisotopic (exact) mass is 355 g/mol. The second-order valence-corrected chi connectivity index (χ2v) is 6.71. The molecule has 0 saturated heterocycles. The van der Waals surface area contributed by atoms with Crippen molar-refractivity contribution in [1.29, 1.82) is 5.26 Å². The third-order valence-corrected chi connectivity index (χ3v) is 4.63. The number of thioether (sulfide) groups is 1. The van der Waals surface area contributed by atoms with Gasteiger partial charge in [0.1, 0.15) is 11.8 Å². The molecule has 0 aliphatic carbocycles. The fraction of sp³-hybridized carbons (Fsp3) is 0.400. The van der Waals surface area contributed by atoms with Crippen LogP contribution < -0.4 is 4.74 Å². The highest BCUT2D eigenvalue weighted by Crippen LogP contribution is 2.30. The van der Waals surface area contributed by atoms with Crippen LogP contribution in [0.5, 0.6) is 5.75 Å². The summed E-state index contributed by atoms with van der Waals surface area (Å²) in [5, 5.41) is 9.91. The largest absolute Gasteiger partial charge is 0.492 e. The standard InChI is InChI=1S/C15H18FN3O2S2/c1-5-21-13-7-6-12(8-11(13)9-17)22-14(10(2)3)18-23-19(4)15(16)20/h6-8,10H,5H2,1-4H3. The summed E-state index contributed by atoms with van der Waals surface area (Å²) in [6, 6.07) is 7.41. The van der Waals surface area contributed by atoms with Gasteiger partial charge in [0.15, 0.2) is 0 Å². The summed E-state index contributed by atoms with van der Waals surface area (Å²) < 4.78 is 22.9. The minimum atomic E-state index is -1.56. The molecule has 1 amide bonds. The Morgan fingerprint density at radius 1 is 1.52 bits per heavy atom. The molecule has 0 aliphatic heterocycles. The molecule has 23 heavy (non-hydrogen) atoms. The van der Waals surface area contributed by atoms with Gasteiger partial charge in [-0.25, -0.2) is 9.10 Å². The number of ether oxygens (including phenoxy) is 1. The molecule has 1 aromatic carbocycles. The lowest BCUT2D eigenvalue weighted by atomic mass is 10.2. The summed E-state index contributed by atoms with van der Waals surface area (Å²) in [6.07, 6.45) is -1.56. The van der Waals surface area contributed by atoms with Crippen molar-refractivity contribution >= 4 is 35.1 Å². The first kappa shape index (κ1) is 19.3. The predicted octanol–water partition coefficient (Wildman–Crippen LogP) is 4.69. The number of carbonyl (C=O) groups excluding carboxylic acids is 1. The second kappa shape index (κ2) is 9.43. The van der Waals surface area contributed by atoms with Gasteiger partial charge in [0.05, 0.1) is 29.3 Å². The molecule has 8 heteroatoms. The topological polar surface area (TPSA) is 65.7 Å². The van der Waals surface area contributed by atoms with Crippen LogP contribution in [0.3, 0.4) is 0 Å². The third-order valence-electron chi connectivity index (χ3n) is 2.59. The molecular formula is C15H18FN3O2S2. The highest BCUT2D eigenvalue weighted by atomic mass is 32.2. The summed E-state index contributed by atoms with van der Waals surface area (Å²) in [7, 11) is 1.31. The molecule has 0 aliphatic rings. The van der Waals surface area contributed by atoms with E-state index in [0.29, 0.717) is 17.9 Å². The van der Waals surface area contributed by atoms with E-state index in [0.717, 1.165) is 26.4 Å². The van der Waals surface area contributed by atoms with Gasteiger partial charge < -0.3 is 4.74 Å². The van der Waals surface area contributed by atoms with Crippen molar-refractivity contribution in [3.05, 3.63) is 23.8 Å². The molecule has 0 unspecified atom stereocenters. The zero-order chi connectivity index (χ0) is 17.4. The van der Waals surface area contributed by atoms with Crippen molar-refractivity contribution in [3.8, 4) is 11.8 Å². The number of carbonyl (C=O) groups is 1. The van der Waals surface area contributed by atoms with Gasteiger partial charge in [-0.05, 0) is 25.1 Å². The van der Waals surface area contributed by atoms with Crippen LogP contribution in [0.2, 0.25) is 0 Å². The van der Waals surface area contributed by atoms with Gasteiger partial charge in [-0.1, -0.05) is 25.6 Å². The van der Waals surface area contributed by atoms with Crippen LogP contribution in [0.15, 0.2) is 27.5 Å². The van der Waals surface area contributed by atoms with Crippen LogP contribution in [0.4, 0.5) is 9.18 Å². The summed E-state index contributed by atoms with van der Waals surface area (Å²) in [6.45, 7) is 6.24. The van der Waals surface area contributed by atoms with Crippen molar-refractivity contribution in [3.63, 3.8) is 0 Å². The van der Waals surface area contributed by atoms with Gasteiger partial charge >= 0.3 is 6.16 Å². The van der Waals surface area contributed by atoms with Crippen LogP contribution in [0.25, 0.3) is 0 Å². The maximum absolute atomic E-state index is 12.5. The summed E-state index contributed by atoms with van der Waals surface area (Å²) >= 11 is 2.12. The molecule has 0 aromatic heterocycles. The van der Waals surface area contributed by atoms with Gasteiger partial charge in [0.25, 0.3) is 0 Å². The second-order valence-electron chi connectivity index (χ2n) is 4.72. The van der Waals surface area contributed by atoms with Crippen molar-refractivity contribution < 1.29 is 13.9 Å². The molecule has 0 atom stereocenters. The molecule has 0 N–H and O–H groups in total. The molecule has 0 fully saturated rings. The third kappa shape index (κ3) is 6.12. The van der Waals surface area contributed by atoms with Crippen LogP contribution in [0, 0.1) is 17.2 Å². The minimum absolute atomic E-state index is 0.0905. The Labute approximate surface area is 144 Å². The normalized spacial score (nSPS) is 11.3. The molecule has 0 saturated carbocycles. The number of halogens is 1. The quantitative estimate of drug-likeness (QED) is 0.185. The van der Waals surface area contributed by atoms with E-state index in [1.165, 1.54) is 18.8 Å². The summed E-state index contributed by atoms with van der Waals surface area (Å²) in [5.74, 6) is 0.632. The Kier molecular flexibility index (Phi) is 7.92. The van der Waals surface area contributed by atoms with Crippen LogP contribution in [0.1, 0.15) is 26.3 Å². The van der Waals surface area contributed by atoms with Crippen molar-refractivity contribution in [2.45, 2.75) is 25.7 Å². The zero-order valence-electron chi connectivity index (χ0n) is 13.4. The average Bonchev–Trinajstić information content (AvgIpc) is 2.51. The number of benzene rings is 1. The Hall–Kier alpha value is -1.72. The lowest BCUT2D eigenvalue weighted by Gasteiger charge is -2.12. The molecule has 1 aromatic rings. The fourth-order valence-electron chi connectivity index (χ4n) is 1.44. The van der Waals surface area contributed by atoms with Gasteiger partial charge in [-0.3, -0.25) is 0 Å². The Balaban J connectivity index is 2.95. The van der Waals surface area contributed by atoms with Gasteiger partial charge in [-0.2, -0.15) is 9.66 Å². The number of hydrogen-bond acceptors (Lipinski definition) is 6. The number of nitriles is 1. The molecule has 0 bridgehead atoms. The van der Waals surface area contributed by atoms with Crippen molar-refractivity contribution in [2.75, 3.05) is 13.7 Å². The lowest BCUT2D eigenvalue weighted by Crippen LogP contribution is -2.12. The maximum Gasteiger partial charge on any atom is 0.411 e. The molecule has 0 radical (unpaired) electrons. The maximum atomic E-state index is 12.5. The zero-order valence-corrected chi connectivity index (χ0v) is 15.0. The minimum Gasteiger partial charge on any atom is -0.492 e. The van der Waals surface area contributed by atoms with Gasteiger partial charge in [0.2, 0.25) is 0 Å². The van der Waals surface area contributed by atoms with Crippen LogP contribution in [-0.2, 0) is 0 Å². The van der Waals surface area contributed by atoms with E-state index in [1.807, 2.05) is 26.8 Å². The van der Waals surface area contributed by atoms with E-state index < -0.39 is 6.16 Å². The lowest BCUT2D eigenvalue weighted by molar-refractivity contribution is 0.209. The van der Waals surface area contributed by atoms with E-state index in [4.69, 9.17) is 4.74 Å². The van der Waals surface area contributed by atoms with Gasteiger partial charge in [-0.15, -0.1) is 4.39 Å². The first-order valence-corrected chi connectivity index (χ1v) is 8.46. The highest BCUT2D eigenvalue weighted by Gasteiger charge is 2.13. The fourth-order valence-corrected chi connectivity index (χ4v) is 2.95. The first-order valence-electron chi connectivity index (χ1n) is 6.92. The predicted molar refractivity (Wildman–Crippen MR) is 92.3 cm³/mol. The highest BCUT2D eigenvalue weighted by molar-refractivity contribution is 8.14. The molecule has 0 spiro atoms. The molecule has 1 rings (SSSR count). The van der Waals surface area contributed by atoms with E-state index in [2.05, 4.69) is 10.5 Å². The van der Waals surface area contributed by atoms with E-state index >= 15 is 0 Å². The number of amides is 1. The number of rotatable bonds is 6. The Morgan fingerprint density at radius 2 is 2.22 bits per heavy atom. The summed E-state index contributed by atoms with van der Waals surface area (Å²) in [5.41, 5.74) is 0.448. The smallest absolute Gasteiger partial charge is 0.411 e. The molecule has 0 heterocycles. The number of nitrogens with zero attached hydrogens (tertiary/aromatic N) is 3. The van der Waals surface area contributed by atoms with E-state index in [9.17, 15) is 14.4 Å². The first-order chi connectivity index (χ1) is 10.9. The molecular weight excluding hydrogens is 337 g/mol. The Bertz CT molecular complexity index is 630. The average molecular weight is 355 g/mol. The van der Waals surface area contributed by atoms with Crippen LogP contribution >= 0.6 is 23.9 Å². The molecule has 124 valence electrons. The van der Waals surface area contributed by atoms with E-state index in [1.54, 1.807) is 12.1 Å². The number of hydrogen-bond donors (Lipinski definition) is 0. The van der Waals surface area contributed by atoms with E-state index in [-0.39, 0.29) is 5.92 Å². The van der Waals surface area contributed by atoms with Crippen molar-refractivity contribution in [1.82, 2.24) is 4.31 Å². The molecule has 5 nitrogen and oxygen atoms in total. The summed E-state index contributed by atoms with van der Waals surface area (Å²) in [4.78, 5) is 11.4. The van der Waals surface area contributed by atoms with Gasteiger partial charge in [0, 0.05) is 17.9 Å². The SMILES string of the molecule is CCOc1ccc(SC(=NSN(C)C(=O)F)C(C)C)cc1C#N.